The van der Waals surface area contributed by atoms with E-state index in [2.05, 4.69) is 16.6 Å². The molecule has 0 heterocycles. The maximum absolute atomic E-state index is 11.0. The van der Waals surface area contributed by atoms with E-state index >= 15 is 0 Å². The number of ketones is 1. The molecule has 78 valence electrons. The SMILES string of the molecule is C=CC(=O)OC(C)NC(=O)CC(C)=O. The highest BCUT2D eigenvalue weighted by Crippen LogP contribution is 1.90. The minimum atomic E-state index is -0.757. The molecule has 0 radical (unpaired) electrons. The summed E-state index contributed by atoms with van der Waals surface area (Å²) >= 11 is 0. The van der Waals surface area contributed by atoms with E-state index < -0.39 is 18.1 Å². The van der Waals surface area contributed by atoms with Crippen LogP contribution in [-0.4, -0.2) is 23.9 Å². The number of Topliss-reactive ketones (excluding diaryl/α,β-unsaturated/α-hetero) is 1. The summed E-state index contributed by atoms with van der Waals surface area (Å²) in [4.78, 5) is 32.2. The van der Waals surface area contributed by atoms with Crippen molar-refractivity contribution in [3.63, 3.8) is 0 Å². The molecular weight excluding hydrogens is 186 g/mol. The fourth-order valence-electron chi connectivity index (χ4n) is 0.756. The summed E-state index contributed by atoms with van der Waals surface area (Å²) in [5.74, 6) is -1.34. The monoisotopic (exact) mass is 199 g/mol. The van der Waals surface area contributed by atoms with Gasteiger partial charge in [0.1, 0.15) is 5.78 Å². The third kappa shape index (κ3) is 5.93. The zero-order valence-corrected chi connectivity index (χ0v) is 8.20. The highest BCUT2D eigenvalue weighted by atomic mass is 16.6. The summed E-state index contributed by atoms with van der Waals surface area (Å²) in [5, 5.41) is 2.33. The second-order valence-corrected chi connectivity index (χ2v) is 2.73. The first-order chi connectivity index (χ1) is 6.45. The van der Waals surface area contributed by atoms with Crippen molar-refractivity contribution in [1.29, 1.82) is 0 Å². The largest absolute Gasteiger partial charge is 0.439 e. The summed E-state index contributed by atoms with van der Waals surface area (Å²) in [6, 6.07) is 0. The lowest BCUT2D eigenvalue weighted by molar-refractivity contribution is -0.145. The molecule has 1 amide bonds. The number of carbonyl (C=O) groups excluding carboxylic acids is 3. The highest BCUT2D eigenvalue weighted by Gasteiger charge is 2.11. The van der Waals surface area contributed by atoms with Gasteiger partial charge in [0, 0.05) is 6.08 Å². The van der Waals surface area contributed by atoms with Gasteiger partial charge in [-0.15, -0.1) is 0 Å². The number of carbonyl (C=O) groups is 3. The molecule has 14 heavy (non-hydrogen) atoms. The van der Waals surface area contributed by atoms with E-state index in [0.29, 0.717) is 0 Å². The summed E-state index contributed by atoms with van der Waals surface area (Å²) in [7, 11) is 0. The van der Waals surface area contributed by atoms with E-state index in [1.807, 2.05) is 0 Å². The van der Waals surface area contributed by atoms with E-state index in [4.69, 9.17) is 0 Å². The van der Waals surface area contributed by atoms with E-state index in [1.54, 1.807) is 0 Å². The van der Waals surface area contributed by atoms with Crippen molar-refractivity contribution in [1.82, 2.24) is 5.32 Å². The zero-order chi connectivity index (χ0) is 11.1. The van der Waals surface area contributed by atoms with Gasteiger partial charge < -0.3 is 10.1 Å². The minimum Gasteiger partial charge on any atom is -0.439 e. The van der Waals surface area contributed by atoms with E-state index in [9.17, 15) is 14.4 Å². The molecule has 0 fully saturated rings. The van der Waals surface area contributed by atoms with Gasteiger partial charge in [-0.25, -0.2) is 4.79 Å². The van der Waals surface area contributed by atoms with Crippen molar-refractivity contribution < 1.29 is 19.1 Å². The molecule has 0 rings (SSSR count). The number of amides is 1. The molecule has 5 nitrogen and oxygen atoms in total. The lowest BCUT2D eigenvalue weighted by Crippen LogP contribution is -2.36. The molecule has 0 saturated carbocycles. The third-order valence-electron chi connectivity index (χ3n) is 1.23. The molecule has 0 bridgehead atoms. The van der Waals surface area contributed by atoms with Crippen LogP contribution in [0, 0.1) is 0 Å². The fraction of sp³-hybridized carbons (Fsp3) is 0.444. The second-order valence-electron chi connectivity index (χ2n) is 2.73. The molecule has 0 saturated heterocycles. The molecule has 0 aliphatic heterocycles. The van der Waals surface area contributed by atoms with Gasteiger partial charge in [-0.2, -0.15) is 0 Å². The number of rotatable bonds is 5. The summed E-state index contributed by atoms with van der Waals surface area (Å²) in [5.41, 5.74) is 0. The Bertz CT molecular complexity index is 260. The van der Waals surface area contributed by atoms with Crippen LogP contribution in [0.3, 0.4) is 0 Å². The van der Waals surface area contributed by atoms with Gasteiger partial charge in [0.25, 0.3) is 0 Å². The Morgan fingerprint density at radius 3 is 2.50 bits per heavy atom. The normalized spacial score (nSPS) is 11.3. The molecule has 1 unspecified atom stereocenters. The van der Waals surface area contributed by atoms with Crippen LogP contribution in [0.25, 0.3) is 0 Å². The van der Waals surface area contributed by atoms with E-state index in [-0.39, 0.29) is 12.2 Å². The van der Waals surface area contributed by atoms with Crippen molar-refractivity contribution in [2.75, 3.05) is 0 Å². The van der Waals surface area contributed by atoms with E-state index in [0.717, 1.165) is 6.08 Å². The average Bonchev–Trinajstić information content (AvgIpc) is 2.01. The number of hydrogen-bond acceptors (Lipinski definition) is 4. The highest BCUT2D eigenvalue weighted by molar-refractivity contribution is 5.96. The average molecular weight is 199 g/mol. The Hall–Kier alpha value is -1.65. The fourth-order valence-corrected chi connectivity index (χ4v) is 0.756. The van der Waals surface area contributed by atoms with Gasteiger partial charge in [-0.1, -0.05) is 6.58 Å². The van der Waals surface area contributed by atoms with Crippen LogP contribution >= 0.6 is 0 Å². The van der Waals surface area contributed by atoms with Gasteiger partial charge >= 0.3 is 5.97 Å². The molecule has 0 aromatic rings. The Kier molecular flexibility index (Phi) is 5.21. The molecule has 5 heteroatoms. The van der Waals surface area contributed by atoms with Gasteiger partial charge in [0.2, 0.25) is 5.91 Å². The third-order valence-corrected chi connectivity index (χ3v) is 1.23. The lowest BCUT2D eigenvalue weighted by atomic mass is 10.3. The number of hydrogen-bond donors (Lipinski definition) is 1. The Morgan fingerprint density at radius 1 is 1.50 bits per heavy atom. The van der Waals surface area contributed by atoms with E-state index in [1.165, 1.54) is 13.8 Å². The molecule has 1 atom stereocenters. The smallest absolute Gasteiger partial charge is 0.332 e. The Balaban J connectivity index is 3.87. The van der Waals surface area contributed by atoms with Crippen molar-refractivity contribution in [2.45, 2.75) is 26.5 Å². The molecule has 0 spiro atoms. The van der Waals surface area contributed by atoms with Gasteiger partial charge in [0.05, 0.1) is 6.42 Å². The first kappa shape index (κ1) is 12.3. The first-order valence-corrected chi connectivity index (χ1v) is 4.07. The molecule has 0 aromatic carbocycles. The summed E-state index contributed by atoms with van der Waals surface area (Å²) in [6.07, 6.45) is 0.0243. The molecule has 0 aliphatic rings. The van der Waals surface area contributed by atoms with Gasteiger partial charge in [-0.05, 0) is 13.8 Å². The van der Waals surface area contributed by atoms with Crippen LogP contribution in [0.15, 0.2) is 12.7 Å². The number of esters is 1. The van der Waals surface area contributed by atoms with Crippen LogP contribution in [0.5, 0.6) is 0 Å². The van der Waals surface area contributed by atoms with Crippen LogP contribution in [0.1, 0.15) is 20.3 Å². The van der Waals surface area contributed by atoms with Crippen molar-refractivity contribution >= 4 is 17.7 Å². The van der Waals surface area contributed by atoms with Gasteiger partial charge in [0.15, 0.2) is 6.23 Å². The van der Waals surface area contributed by atoms with Crippen LogP contribution in [0.4, 0.5) is 0 Å². The molecule has 0 aromatic heterocycles. The quantitative estimate of drug-likeness (QED) is 0.296. The predicted molar refractivity (Wildman–Crippen MR) is 49.2 cm³/mol. The second kappa shape index (κ2) is 5.90. The first-order valence-electron chi connectivity index (χ1n) is 4.07. The van der Waals surface area contributed by atoms with Crippen LogP contribution < -0.4 is 5.32 Å². The zero-order valence-electron chi connectivity index (χ0n) is 8.20. The Labute approximate surface area is 82.1 Å². The maximum atomic E-state index is 11.0. The van der Waals surface area contributed by atoms with Crippen LogP contribution in [-0.2, 0) is 19.1 Å². The minimum absolute atomic E-state index is 0.212. The van der Waals surface area contributed by atoms with Gasteiger partial charge in [-0.3, -0.25) is 9.59 Å². The maximum Gasteiger partial charge on any atom is 0.332 e. The molecular formula is C9H13NO4. The predicted octanol–water partition coefficient (Wildman–Crippen LogP) is 0.157. The number of ether oxygens (including phenoxy) is 1. The summed E-state index contributed by atoms with van der Waals surface area (Å²) < 4.78 is 4.65. The standard InChI is InChI=1S/C9H13NO4/c1-4-9(13)14-7(3)10-8(12)5-6(2)11/h4,7H,1,5H2,2-3H3,(H,10,12). The topological polar surface area (TPSA) is 72.5 Å². The Morgan fingerprint density at radius 2 is 2.07 bits per heavy atom. The summed E-state index contributed by atoms with van der Waals surface area (Å²) in [6.45, 7) is 5.99. The molecule has 0 aliphatic carbocycles. The number of nitrogens with one attached hydrogen (secondary N) is 1. The van der Waals surface area contributed by atoms with Crippen molar-refractivity contribution in [2.24, 2.45) is 0 Å². The molecule has 1 N–H and O–H groups in total. The van der Waals surface area contributed by atoms with Crippen molar-refractivity contribution in [3.8, 4) is 0 Å². The van der Waals surface area contributed by atoms with Crippen molar-refractivity contribution in [3.05, 3.63) is 12.7 Å². The lowest BCUT2D eigenvalue weighted by Gasteiger charge is -2.12. The van der Waals surface area contributed by atoms with Crippen LogP contribution in [0.2, 0.25) is 0 Å².